The van der Waals surface area contributed by atoms with Crippen LogP contribution in [0.25, 0.3) is 0 Å². The first-order valence-corrected chi connectivity index (χ1v) is 8.63. The lowest BCUT2D eigenvalue weighted by Crippen LogP contribution is -2.42. The van der Waals surface area contributed by atoms with Crippen molar-refractivity contribution in [2.24, 2.45) is 0 Å². The first kappa shape index (κ1) is 16.5. The fourth-order valence-corrected chi connectivity index (χ4v) is 3.50. The van der Waals surface area contributed by atoms with Gasteiger partial charge in [0, 0.05) is 6.54 Å². The Bertz CT molecular complexity index is 830. The molecule has 1 unspecified atom stereocenters. The third-order valence-corrected chi connectivity index (χ3v) is 4.80. The van der Waals surface area contributed by atoms with E-state index in [2.05, 4.69) is 0 Å². The van der Waals surface area contributed by atoms with Crippen LogP contribution in [-0.4, -0.2) is 40.3 Å². The van der Waals surface area contributed by atoms with Gasteiger partial charge in [-0.05, 0) is 37.1 Å². The van der Waals surface area contributed by atoms with Crippen molar-refractivity contribution < 1.29 is 19.2 Å². The number of nitrogens with zero attached hydrogens (tertiary/aromatic N) is 2. The highest BCUT2D eigenvalue weighted by Crippen LogP contribution is 2.25. The van der Waals surface area contributed by atoms with Gasteiger partial charge in [0.25, 0.3) is 11.8 Å². The summed E-state index contributed by atoms with van der Waals surface area (Å²) in [7, 11) is 0. The number of fused-ring (bicyclic) bond motifs is 1. The molecule has 2 aromatic rings. The van der Waals surface area contributed by atoms with Crippen molar-refractivity contribution in [1.29, 1.82) is 0 Å². The smallest absolute Gasteiger partial charge is 0.328 e. The molecule has 0 radical (unpaired) electrons. The molecule has 1 fully saturated rings. The second-order valence-electron chi connectivity index (χ2n) is 6.47. The van der Waals surface area contributed by atoms with E-state index >= 15 is 0 Å². The van der Waals surface area contributed by atoms with E-state index in [4.69, 9.17) is 4.84 Å². The maximum absolute atomic E-state index is 12.6. The maximum Gasteiger partial charge on any atom is 0.350 e. The molecule has 2 aliphatic heterocycles. The van der Waals surface area contributed by atoms with E-state index in [1.54, 1.807) is 24.3 Å². The zero-order valence-corrected chi connectivity index (χ0v) is 14.1. The number of hydrogen-bond donors (Lipinski definition) is 0. The Kier molecular flexibility index (Phi) is 4.26. The first-order chi connectivity index (χ1) is 12.6. The zero-order valence-electron chi connectivity index (χ0n) is 14.1. The van der Waals surface area contributed by atoms with Gasteiger partial charge >= 0.3 is 5.97 Å². The van der Waals surface area contributed by atoms with Crippen molar-refractivity contribution in [2.45, 2.75) is 25.4 Å². The summed E-state index contributed by atoms with van der Waals surface area (Å²) in [5.74, 6) is -1.74. The highest BCUT2D eigenvalue weighted by Gasteiger charge is 2.41. The second-order valence-corrected chi connectivity index (χ2v) is 6.47. The monoisotopic (exact) mass is 350 g/mol. The van der Waals surface area contributed by atoms with Gasteiger partial charge in [-0.1, -0.05) is 47.5 Å². The van der Waals surface area contributed by atoms with Gasteiger partial charge < -0.3 is 4.84 Å². The summed E-state index contributed by atoms with van der Waals surface area (Å²) in [5.41, 5.74) is 1.63. The summed E-state index contributed by atoms with van der Waals surface area (Å²) < 4.78 is 0. The van der Waals surface area contributed by atoms with Gasteiger partial charge in [0.1, 0.15) is 6.04 Å². The van der Waals surface area contributed by atoms with Gasteiger partial charge in [-0.2, -0.15) is 0 Å². The minimum Gasteiger partial charge on any atom is -0.328 e. The molecule has 2 aliphatic rings. The molecule has 0 N–H and O–H groups in total. The van der Waals surface area contributed by atoms with Crippen molar-refractivity contribution >= 4 is 17.8 Å². The third-order valence-electron chi connectivity index (χ3n) is 4.80. The summed E-state index contributed by atoms with van der Waals surface area (Å²) >= 11 is 0. The predicted molar refractivity (Wildman–Crippen MR) is 92.9 cm³/mol. The van der Waals surface area contributed by atoms with Gasteiger partial charge in [0.15, 0.2) is 0 Å². The van der Waals surface area contributed by atoms with Crippen LogP contribution in [0, 0.1) is 0 Å². The Morgan fingerprint density at radius 3 is 2.23 bits per heavy atom. The highest BCUT2D eigenvalue weighted by atomic mass is 16.7. The van der Waals surface area contributed by atoms with Gasteiger partial charge in [-0.15, -0.1) is 0 Å². The van der Waals surface area contributed by atoms with Crippen LogP contribution >= 0.6 is 0 Å². The van der Waals surface area contributed by atoms with Crippen LogP contribution in [0.15, 0.2) is 54.6 Å². The summed E-state index contributed by atoms with van der Waals surface area (Å²) in [4.78, 5) is 44.6. The molecule has 26 heavy (non-hydrogen) atoms. The van der Waals surface area contributed by atoms with Gasteiger partial charge in [0.2, 0.25) is 0 Å². The molecule has 6 nitrogen and oxygen atoms in total. The first-order valence-electron chi connectivity index (χ1n) is 8.63. The van der Waals surface area contributed by atoms with Crippen LogP contribution in [-0.2, 0) is 16.2 Å². The second kappa shape index (κ2) is 6.72. The zero-order chi connectivity index (χ0) is 18.1. The summed E-state index contributed by atoms with van der Waals surface area (Å²) in [6, 6.07) is 15.9. The number of carbonyl (C=O) groups excluding carboxylic acids is 3. The fourth-order valence-electron chi connectivity index (χ4n) is 3.50. The van der Waals surface area contributed by atoms with Crippen molar-refractivity contribution in [3.05, 3.63) is 71.3 Å². The van der Waals surface area contributed by atoms with Crippen molar-refractivity contribution in [3.8, 4) is 0 Å². The largest absolute Gasteiger partial charge is 0.350 e. The molecule has 6 heteroatoms. The number of imide groups is 1. The topological polar surface area (TPSA) is 66.9 Å². The van der Waals surface area contributed by atoms with Crippen molar-refractivity contribution in [3.63, 3.8) is 0 Å². The van der Waals surface area contributed by atoms with Gasteiger partial charge in [-0.3, -0.25) is 14.5 Å². The lowest BCUT2D eigenvalue weighted by molar-refractivity contribution is -0.174. The van der Waals surface area contributed by atoms with Gasteiger partial charge in [-0.25, -0.2) is 4.79 Å². The number of benzene rings is 2. The normalized spacial score (nSPS) is 19.7. The average Bonchev–Trinajstić information content (AvgIpc) is 3.22. The number of hydroxylamine groups is 2. The van der Waals surface area contributed by atoms with Crippen LogP contribution < -0.4 is 0 Å². The number of hydrogen-bond acceptors (Lipinski definition) is 5. The molecular weight excluding hydrogens is 332 g/mol. The lowest BCUT2D eigenvalue weighted by Gasteiger charge is -2.24. The Morgan fingerprint density at radius 1 is 0.962 bits per heavy atom. The molecule has 1 atom stereocenters. The molecule has 0 aromatic heterocycles. The summed E-state index contributed by atoms with van der Waals surface area (Å²) in [5, 5.41) is 0.589. The van der Waals surface area contributed by atoms with Crippen LogP contribution in [0.3, 0.4) is 0 Å². The van der Waals surface area contributed by atoms with E-state index < -0.39 is 23.8 Å². The number of rotatable bonds is 4. The number of carbonyl (C=O) groups is 3. The lowest BCUT2D eigenvalue weighted by atomic mass is 10.1. The van der Waals surface area contributed by atoms with Crippen LogP contribution in [0.1, 0.15) is 39.1 Å². The van der Waals surface area contributed by atoms with E-state index in [9.17, 15) is 14.4 Å². The third kappa shape index (κ3) is 2.88. The molecule has 2 aromatic carbocycles. The summed E-state index contributed by atoms with van der Waals surface area (Å²) in [6.07, 6.45) is 1.52. The predicted octanol–water partition coefficient (Wildman–Crippen LogP) is 2.41. The van der Waals surface area contributed by atoms with E-state index in [1.807, 2.05) is 35.2 Å². The molecule has 4 rings (SSSR count). The van der Waals surface area contributed by atoms with E-state index in [1.165, 1.54) is 0 Å². The Hall–Kier alpha value is -2.99. The molecular formula is C20H18N2O4. The number of likely N-dealkylation sites (tertiary alicyclic amines) is 1. The maximum atomic E-state index is 12.6. The van der Waals surface area contributed by atoms with Gasteiger partial charge in [0.05, 0.1) is 11.1 Å². The van der Waals surface area contributed by atoms with Crippen LogP contribution in [0.4, 0.5) is 0 Å². The summed E-state index contributed by atoms with van der Waals surface area (Å²) in [6.45, 7) is 1.40. The molecule has 132 valence electrons. The molecule has 2 amide bonds. The van der Waals surface area contributed by atoms with E-state index in [0.29, 0.717) is 18.0 Å². The van der Waals surface area contributed by atoms with Crippen LogP contribution in [0.5, 0.6) is 0 Å². The minimum absolute atomic E-state index is 0.262. The van der Waals surface area contributed by atoms with E-state index in [0.717, 1.165) is 18.5 Å². The van der Waals surface area contributed by atoms with Crippen LogP contribution in [0.2, 0.25) is 0 Å². The molecule has 0 spiro atoms. The Labute approximate surface area is 150 Å². The Balaban J connectivity index is 1.46. The molecule has 0 saturated carbocycles. The quantitative estimate of drug-likeness (QED) is 0.792. The van der Waals surface area contributed by atoms with Crippen molar-refractivity contribution in [2.75, 3.05) is 6.54 Å². The highest BCUT2D eigenvalue weighted by molar-refractivity contribution is 6.20. The standard InChI is InChI=1S/C20H18N2O4/c23-18-15-9-4-5-10-16(15)19(24)22(18)26-20(25)17-11-6-12-21(17)13-14-7-2-1-3-8-14/h1-5,7-10,17H,6,11-13H2. The fraction of sp³-hybridized carbons (Fsp3) is 0.250. The SMILES string of the molecule is O=C(ON1C(=O)c2ccccc2C1=O)C1CCCN1Cc1ccccc1. The minimum atomic E-state index is -0.591. The molecule has 0 bridgehead atoms. The average molecular weight is 350 g/mol. The number of amides is 2. The molecule has 1 saturated heterocycles. The molecule has 2 heterocycles. The Morgan fingerprint density at radius 2 is 1.58 bits per heavy atom. The van der Waals surface area contributed by atoms with E-state index in [-0.39, 0.29) is 11.1 Å². The molecule has 0 aliphatic carbocycles. The van der Waals surface area contributed by atoms with Crippen molar-refractivity contribution in [1.82, 2.24) is 9.96 Å².